The molecule has 0 aromatic carbocycles. The fourth-order valence-electron chi connectivity index (χ4n) is 2.82. The van der Waals surface area contributed by atoms with Crippen LogP contribution in [0.1, 0.15) is 31.9 Å². The van der Waals surface area contributed by atoms with Gasteiger partial charge in [0.15, 0.2) is 0 Å². The Kier molecular flexibility index (Phi) is 6.46. The van der Waals surface area contributed by atoms with Gasteiger partial charge in [0.1, 0.15) is 17.1 Å². The van der Waals surface area contributed by atoms with Gasteiger partial charge in [0.2, 0.25) is 0 Å². The molecule has 1 saturated heterocycles. The molecule has 0 saturated carbocycles. The van der Waals surface area contributed by atoms with Crippen LogP contribution in [0.5, 0.6) is 5.75 Å². The van der Waals surface area contributed by atoms with E-state index in [1.807, 2.05) is 0 Å². The van der Waals surface area contributed by atoms with Crippen molar-refractivity contribution in [2.45, 2.75) is 38.4 Å². The summed E-state index contributed by atoms with van der Waals surface area (Å²) in [4.78, 5) is 17.8. The van der Waals surface area contributed by atoms with Crippen LogP contribution in [0.15, 0.2) is 12.3 Å². The highest BCUT2D eigenvalue weighted by Gasteiger charge is 2.33. The van der Waals surface area contributed by atoms with Gasteiger partial charge in [-0.1, -0.05) is 6.92 Å². The summed E-state index contributed by atoms with van der Waals surface area (Å²) in [5.41, 5.74) is -0.977. The highest BCUT2D eigenvalue weighted by Crippen LogP contribution is 2.33. The zero-order valence-electron chi connectivity index (χ0n) is 14.3. The molecule has 2 heterocycles. The number of rotatable bonds is 5. The first-order valence-electron chi connectivity index (χ1n) is 8.24. The summed E-state index contributed by atoms with van der Waals surface area (Å²) < 4.78 is 42.9. The molecular weight excluding hydrogens is 337 g/mol. The lowest BCUT2D eigenvalue weighted by molar-refractivity contribution is -0.141. The van der Waals surface area contributed by atoms with Gasteiger partial charge in [-0.05, 0) is 25.8 Å². The maximum Gasteiger partial charge on any atom is 0.433 e. The molecule has 2 amide bonds. The average Bonchev–Trinajstić information content (AvgIpc) is 2.56. The van der Waals surface area contributed by atoms with Crippen molar-refractivity contribution in [2.75, 3.05) is 32.1 Å². The number of anilines is 1. The Balaban J connectivity index is 1.92. The normalized spacial score (nSPS) is 16.5. The molecule has 2 rings (SSSR count). The maximum atomic E-state index is 12.7. The first kappa shape index (κ1) is 19.3. The van der Waals surface area contributed by atoms with Crippen LogP contribution < -0.4 is 15.4 Å². The van der Waals surface area contributed by atoms with Gasteiger partial charge in [-0.25, -0.2) is 9.78 Å². The fourth-order valence-corrected chi connectivity index (χ4v) is 2.82. The number of piperidine rings is 1. The van der Waals surface area contributed by atoms with E-state index in [1.54, 1.807) is 0 Å². The average molecular weight is 360 g/mol. The summed E-state index contributed by atoms with van der Waals surface area (Å²) in [5.74, 6) is -0.0877. The number of amides is 2. The third-order valence-corrected chi connectivity index (χ3v) is 4.09. The topological polar surface area (TPSA) is 66.5 Å². The summed E-state index contributed by atoms with van der Waals surface area (Å²) in [6, 6.07) is 0.328. The van der Waals surface area contributed by atoms with Crippen LogP contribution in [0.2, 0.25) is 0 Å². The molecule has 1 aromatic heterocycles. The molecular formula is C16H23F3N4O2. The quantitative estimate of drug-likeness (QED) is 0.847. The SMILES string of the molecule is CCCN1CCC(NC(=O)Nc2cnc(C(F)(F)F)cc2OC)CC1. The van der Waals surface area contributed by atoms with Gasteiger partial charge in [0.25, 0.3) is 0 Å². The van der Waals surface area contributed by atoms with Crippen LogP contribution in [-0.4, -0.2) is 48.7 Å². The number of methoxy groups -OCH3 is 1. The standard InChI is InChI=1S/C16H23F3N4O2/c1-3-6-23-7-4-11(5-8-23)21-15(24)22-12-10-20-14(16(17,18)19)9-13(12)25-2/h9-11H,3-8H2,1-2H3,(H2,21,22,24). The van der Waals surface area contributed by atoms with Gasteiger partial charge in [-0.2, -0.15) is 13.2 Å². The second-order valence-corrected chi connectivity index (χ2v) is 5.98. The molecule has 0 atom stereocenters. The smallest absolute Gasteiger partial charge is 0.433 e. The van der Waals surface area contributed by atoms with E-state index < -0.39 is 17.9 Å². The molecule has 1 aliphatic rings. The van der Waals surface area contributed by atoms with E-state index in [1.165, 1.54) is 7.11 Å². The number of aromatic nitrogens is 1. The third-order valence-electron chi connectivity index (χ3n) is 4.09. The summed E-state index contributed by atoms with van der Waals surface area (Å²) in [6.07, 6.45) is -0.837. The Bertz CT molecular complexity index is 587. The van der Waals surface area contributed by atoms with Crippen LogP contribution in [-0.2, 0) is 6.18 Å². The predicted molar refractivity (Wildman–Crippen MR) is 87.7 cm³/mol. The number of nitrogens with one attached hydrogen (secondary N) is 2. The van der Waals surface area contributed by atoms with Crippen LogP contribution >= 0.6 is 0 Å². The van der Waals surface area contributed by atoms with E-state index in [0.29, 0.717) is 0 Å². The largest absolute Gasteiger partial charge is 0.494 e. The number of nitrogens with zero attached hydrogens (tertiary/aromatic N) is 2. The van der Waals surface area contributed by atoms with E-state index in [2.05, 4.69) is 27.4 Å². The van der Waals surface area contributed by atoms with E-state index in [-0.39, 0.29) is 17.5 Å². The Hall–Kier alpha value is -2.03. The first-order chi connectivity index (χ1) is 11.8. The zero-order valence-corrected chi connectivity index (χ0v) is 14.3. The lowest BCUT2D eigenvalue weighted by Gasteiger charge is -2.32. The minimum Gasteiger partial charge on any atom is -0.494 e. The Morgan fingerprint density at radius 1 is 1.40 bits per heavy atom. The number of hydrogen-bond donors (Lipinski definition) is 2. The van der Waals surface area contributed by atoms with Crippen molar-refractivity contribution in [1.29, 1.82) is 0 Å². The lowest BCUT2D eigenvalue weighted by Crippen LogP contribution is -2.46. The molecule has 25 heavy (non-hydrogen) atoms. The number of pyridine rings is 1. The molecule has 0 aliphatic carbocycles. The number of alkyl halides is 3. The fraction of sp³-hybridized carbons (Fsp3) is 0.625. The maximum absolute atomic E-state index is 12.7. The number of carbonyl (C=O) groups excluding carboxylic acids is 1. The van der Waals surface area contributed by atoms with Crippen molar-refractivity contribution in [3.05, 3.63) is 18.0 Å². The Morgan fingerprint density at radius 2 is 2.08 bits per heavy atom. The molecule has 1 aromatic rings. The van der Waals surface area contributed by atoms with E-state index in [4.69, 9.17) is 4.74 Å². The van der Waals surface area contributed by atoms with E-state index >= 15 is 0 Å². The molecule has 0 bridgehead atoms. The molecule has 1 fully saturated rings. The van der Waals surface area contributed by atoms with Gasteiger partial charge >= 0.3 is 12.2 Å². The summed E-state index contributed by atoms with van der Waals surface area (Å²) in [6.45, 7) is 5.02. The van der Waals surface area contributed by atoms with Crippen LogP contribution in [0.3, 0.4) is 0 Å². The highest BCUT2D eigenvalue weighted by molar-refractivity contribution is 5.90. The number of likely N-dealkylation sites (tertiary alicyclic amines) is 1. The molecule has 1 aliphatic heterocycles. The molecule has 2 N–H and O–H groups in total. The predicted octanol–water partition coefficient (Wildman–Crippen LogP) is 3.10. The van der Waals surface area contributed by atoms with Crippen molar-refractivity contribution >= 4 is 11.7 Å². The zero-order chi connectivity index (χ0) is 18.4. The number of ether oxygens (including phenoxy) is 1. The van der Waals surface area contributed by atoms with Gasteiger partial charge < -0.3 is 20.3 Å². The molecule has 9 heteroatoms. The Morgan fingerprint density at radius 3 is 2.64 bits per heavy atom. The molecule has 6 nitrogen and oxygen atoms in total. The minimum absolute atomic E-state index is 0.0431. The number of halogens is 3. The van der Waals surface area contributed by atoms with Gasteiger partial charge in [-0.3, -0.25) is 0 Å². The van der Waals surface area contributed by atoms with Crippen molar-refractivity contribution in [3.63, 3.8) is 0 Å². The summed E-state index contributed by atoms with van der Waals surface area (Å²) in [5, 5.41) is 5.35. The second kappa shape index (κ2) is 8.37. The molecule has 0 unspecified atom stereocenters. The van der Waals surface area contributed by atoms with E-state index in [9.17, 15) is 18.0 Å². The minimum atomic E-state index is -4.57. The highest BCUT2D eigenvalue weighted by atomic mass is 19.4. The van der Waals surface area contributed by atoms with Crippen molar-refractivity contribution < 1.29 is 22.7 Å². The number of carbonyl (C=O) groups is 1. The van der Waals surface area contributed by atoms with Crippen LogP contribution in [0.4, 0.5) is 23.7 Å². The molecule has 0 radical (unpaired) electrons. The van der Waals surface area contributed by atoms with Crippen molar-refractivity contribution in [2.24, 2.45) is 0 Å². The van der Waals surface area contributed by atoms with Gasteiger partial charge in [0, 0.05) is 25.2 Å². The number of urea groups is 1. The van der Waals surface area contributed by atoms with Crippen molar-refractivity contribution in [3.8, 4) is 5.75 Å². The molecule has 140 valence electrons. The van der Waals surface area contributed by atoms with Gasteiger partial charge in [-0.15, -0.1) is 0 Å². The first-order valence-corrected chi connectivity index (χ1v) is 8.24. The lowest BCUT2D eigenvalue weighted by atomic mass is 10.1. The monoisotopic (exact) mass is 360 g/mol. The van der Waals surface area contributed by atoms with Crippen LogP contribution in [0.25, 0.3) is 0 Å². The van der Waals surface area contributed by atoms with E-state index in [0.717, 1.165) is 51.2 Å². The van der Waals surface area contributed by atoms with Crippen LogP contribution in [0, 0.1) is 0 Å². The van der Waals surface area contributed by atoms with Crippen molar-refractivity contribution in [1.82, 2.24) is 15.2 Å². The summed E-state index contributed by atoms with van der Waals surface area (Å²) in [7, 11) is 1.24. The molecule has 0 spiro atoms. The van der Waals surface area contributed by atoms with Gasteiger partial charge in [0.05, 0.1) is 13.3 Å². The second-order valence-electron chi connectivity index (χ2n) is 5.98. The third kappa shape index (κ3) is 5.48. The number of hydrogen-bond acceptors (Lipinski definition) is 4. The summed E-state index contributed by atoms with van der Waals surface area (Å²) >= 11 is 0. The Labute approximate surface area is 144 Å².